The molecule has 3 nitrogen and oxygen atoms in total. The highest BCUT2D eigenvalue weighted by molar-refractivity contribution is 5.56. The van der Waals surface area contributed by atoms with E-state index >= 15 is 0 Å². The Morgan fingerprint density at radius 2 is 2.43 bits per heavy atom. The van der Waals surface area contributed by atoms with Crippen molar-refractivity contribution in [3.05, 3.63) is 0 Å². The fraction of sp³-hybridized carbons (Fsp3) is 0.750. The zero-order valence-corrected chi connectivity index (χ0v) is 3.92. The molecule has 0 saturated heterocycles. The maximum Gasteiger partial charge on any atom is 0.229 e. The van der Waals surface area contributed by atoms with Crippen LogP contribution < -0.4 is 5.73 Å². The summed E-state index contributed by atoms with van der Waals surface area (Å²) in [6.45, 7) is 0.330. The number of hydrogen-bond acceptors (Lipinski definition) is 3. The highest BCUT2D eigenvalue weighted by Gasteiger charge is 1.97. The maximum absolute atomic E-state index is 9.46. The molecule has 0 amide bonds. The lowest BCUT2D eigenvalue weighted by Gasteiger charge is -1.93. The van der Waals surface area contributed by atoms with Crippen LogP contribution in [0.15, 0.2) is 0 Å². The van der Waals surface area contributed by atoms with Gasteiger partial charge in [0.15, 0.2) is 0 Å². The van der Waals surface area contributed by atoms with Gasteiger partial charge in [0.25, 0.3) is 0 Å². The molecule has 0 saturated carbocycles. The minimum absolute atomic E-state index is 0.309. The van der Waals surface area contributed by atoms with Crippen molar-refractivity contribution in [2.75, 3.05) is 6.54 Å². The summed E-state index contributed by atoms with van der Waals surface area (Å²) in [5, 5.41) is 8.35. The normalized spacial score (nSPS) is 13.4. The molecule has 0 heterocycles. The Labute approximate surface area is 42.1 Å². The minimum Gasteiger partial charge on any atom is -0.385 e. The van der Waals surface area contributed by atoms with Crippen molar-refractivity contribution in [1.29, 1.82) is 0 Å². The zero-order chi connectivity index (χ0) is 5.70. The van der Waals surface area contributed by atoms with E-state index in [1.54, 1.807) is 0 Å². The summed E-state index contributed by atoms with van der Waals surface area (Å²) in [6, 6.07) is 0. The Morgan fingerprint density at radius 1 is 1.86 bits per heavy atom. The molecule has 1 atom stereocenters. The van der Waals surface area contributed by atoms with E-state index in [0.29, 0.717) is 13.0 Å². The van der Waals surface area contributed by atoms with Crippen molar-refractivity contribution < 1.29 is 9.90 Å². The summed E-state index contributed by atoms with van der Waals surface area (Å²) in [6.07, 6.45) is 0.719. The van der Waals surface area contributed by atoms with Crippen LogP contribution in [0, 0.1) is 0 Å². The topological polar surface area (TPSA) is 63.3 Å². The molecule has 0 aliphatic rings. The van der Waals surface area contributed by atoms with Crippen LogP contribution in [0.3, 0.4) is 0 Å². The molecule has 3 heteroatoms. The van der Waals surface area contributed by atoms with Crippen LogP contribution in [-0.2, 0) is 4.79 Å². The molecule has 1 radical (unpaired) electrons. The lowest BCUT2D eigenvalue weighted by atomic mass is 10.3. The summed E-state index contributed by atoms with van der Waals surface area (Å²) in [5.41, 5.74) is 4.97. The van der Waals surface area contributed by atoms with Gasteiger partial charge in [0, 0.05) is 0 Å². The number of carbonyl (C=O) groups excluding carboxylic acids is 1. The van der Waals surface area contributed by atoms with Crippen molar-refractivity contribution in [2.45, 2.75) is 12.5 Å². The molecular formula is C4H8NO2. The number of nitrogens with two attached hydrogens (primary N) is 1. The van der Waals surface area contributed by atoms with Crippen LogP contribution >= 0.6 is 0 Å². The van der Waals surface area contributed by atoms with Gasteiger partial charge >= 0.3 is 0 Å². The molecule has 0 rings (SSSR count). The summed E-state index contributed by atoms with van der Waals surface area (Å²) >= 11 is 0. The molecule has 0 aromatic carbocycles. The first-order valence-electron chi connectivity index (χ1n) is 2.07. The largest absolute Gasteiger partial charge is 0.385 e. The molecular weight excluding hydrogens is 94.0 g/mol. The van der Waals surface area contributed by atoms with Gasteiger partial charge in [-0.2, -0.15) is 0 Å². The molecule has 0 aromatic rings. The maximum atomic E-state index is 9.46. The number of aliphatic hydroxyl groups is 1. The average Bonchev–Trinajstić information content (AvgIpc) is 1.68. The van der Waals surface area contributed by atoms with E-state index in [-0.39, 0.29) is 0 Å². The van der Waals surface area contributed by atoms with Crippen molar-refractivity contribution in [2.24, 2.45) is 5.73 Å². The number of rotatable bonds is 3. The molecule has 0 spiro atoms. The van der Waals surface area contributed by atoms with Gasteiger partial charge in [0.1, 0.15) is 6.10 Å². The molecule has 0 aliphatic heterocycles. The molecule has 0 aliphatic carbocycles. The highest BCUT2D eigenvalue weighted by Crippen LogP contribution is 1.79. The van der Waals surface area contributed by atoms with Crippen LogP contribution in [0.4, 0.5) is 0 Å². The predicted octanol–water partition coefficient (Wildman–Crippen LogP) is -1.19. The van der Waals surface area contributed by atoms with E-state index in [0.717, 1.165) is 0 Å². The molecule has 3 N–H and O–H groups in total. The number of aliphatic hydroxyl groups excluding tert-OH is 1. The summed E-state index contributed by atoms with van der Waals surface area (Å²) in [4.78, 5) is 9.46. The first-order valence-corrected chi connectivity index (χ1v) is 2.07. The molecule has 0 bridgehead atoms. The second-order valence-corrected chi connectivity index (χ2v) is 1.21. The molecule has 0 aromatic heterocycles. The lowest BCUT2D eigenvalue weighted by molar-refractivity contribution is 0.227. The van der Waals surface area contributed by atoms with Crippen molar-refractivity contribution in [1.82, 2.24) is 0 Å². The SMILES string of the molecule is NCC[C@@H](O)[C]=O. The van der Waals surface area contributed by atoms with Crippen LogP contribution in [0.1, 0.15) is 6.42 Å². The number of hydrogen-bond donors (Lipinski definition) is 2. The first-order chi connectivity index (χ1) is 3.31. The third-order valence-electron chi connectivity index (χ3n) is 0.576. The Kier molecular flexibility index (Phi) is 3.55. The third-order valence-corrected chi connectivity index (χ3v) is 0.576. The quantitative estimate of drug-likeness (QED) is 0.470. The van der Waals surface area contributed by atoms with Gasteiger partial charge in [-0.15, -0.1) is 0 Å². The van der Waals surface area contributed by atoms with E-state index in [1.807, 2.05) is 0 Å². The average molecular weight is 102 g/mol. The Morgan fingerprint density at radius 3 is 2.57 bits per heavy atom. The van der Waals surface area contributed by atoms with Gasteiger partial charge in [-0.05, 0) is 13.0 Å². The van der Waals surface area contributed by atoms with E-state index in [2.05, 4.69) is 0 Å². The van der Waals surface area contributed by atoms with Crippen LogP contribution in [-0.4, -0.2) is 24.0 Å². The fourth-order valence-electron chi connectivity index (χ4n) is 0.217. The van der Waals surface area contributed by atoms with Gasteiger partial charge in [-0.3, -0.25) is 4.79 Å². The smallest absolute Gasteiger partial charge is 0.229 e. The van der Waals surface area contributed by atoms with Crippen molar-refractivity contribution in [3.8, 4) is 0 Å². The van der Waals surface area contributed by atoms with Crippen LogP contribution in [0.2, 0.25) is 0 Å². The fourth-order valence-corrected chi connectivity index (χ4v) is 0.217. The second-order valence-electron chi connectivity index (χ2n) is 1.21. The molecule has 0 fully saturated rings. The van der Waals surface area contributed by atoms with E-state index in [1.165, 1.54) is 6.29 Å². The first kappa shape index (κ1) is 6.59. The van der Waals surface area contributed by atoms with E-state index in [9.17, 15) is 4.79 Å². The van der Waals surface area contributed by atoms with Crippen LogP contribution in [0.25, 0.3) is 0 Å². The standard InChI is InChI=1S/C4H8NO2/c5-2-1-4(7)3-6/h4,7H,1-2,5H2/t4-/m1/s1. The molecule has 7 heavy (non-hydrogen) atoms. The Balaban J connectivity index is 2.98. The Hall–Kier alpha value is -0.410. The van der Waals surface area contributed by atoms with Gasteiger partial charge in [0.05, 0.1) is 0 Å². The van der Waals surface area contributed by atoms with Crippen molar-refractivity contribution >= 4 is 6.29 Å². The van der Waals surface area contributed by atoms with Crippen LogP contribution in [0.5, 0.6) is 0 Å². The minimum atomic E-state index is -0.981. The predicted molar refractivity (Wildman–Crippen MR) is 25.4 cm³/mol. The third kappa shape index (κ3) is 3.42. The zero-order valence-electron chi connectivity index (χ0n) is 3.92. The molecule has 41 valence electrons. The highest BCUT2D eigenvalue weighted by atomic mass is 16.3. The summed E-state index contributed by atoms with van der Waals surface area (Å²) in [5.74, 6) is 0. The second kappa shape index (κ2) is 3.77. The summed E-state index contributed by atoms with van der Waals surface area (Å²) in [7, 11) is 0. The van der Waals surface area contributed by atoms with Gasteiger partial charge in [-0.25, -0.2) is 0 Å². The van der Waals surface area contributed by atoms with Crippen molar-refractivity contribution in [3.63, 3.8) is 0 Å². The molecule has 0 unspecified atom stereocenters. The van der Waals surface area contributed by atoms with Gasteiger partial charge < -0.3 is 10.8 Å². The van der Waals surface area contributed by atoms with Gasteiger partial charge in [0.2, 0.25) is 6.29 Å². The van der Waals surface area contributed by atoms with Gasteiger partial charge in [-0.1, -0.05) is 0 Å². The summed E-state index contributed by atoms with van der Waals surface area (Å²) < 4.78 is 0. The van der Waals surface area contributed by atoms with E-state index in [4.69, 9.17) is 10.8 Å². The lowest BCUT2D eigenvalue weighted by Crippen LogP contribution is -2.13. The Bertz CT molecular complexity index is 55.7. The monoisotopic (exact) mass is 102 g/mol. The van der Waals surface area contributed by atoms with E-state index < -0.39 is 6.10 Å².